The summed E-state index contributed by atoms with van der Waals surface area (Å²) >= 11 is 0. The number of aliphatic hydroxyl groups is 1. The van der Waals surface area contributed by atoms with Gasteiger partial charge in [0.1, 0.15) is 5.41 Å². The van der Waals surface area contributed by atoms with Crippen LogP contribution in [-0.4, -0.2) is 58.9 Å². The molecule has 1 unspecified atom stereocenters. The number of amidine groups is 1. The zero-order chi connectivity index (χ0) is 15.5. The number of oxime groups is 1. The molecule has 0 aromatic carbocycles. The topological polar surface area (TPSA) is 108 Å². The van der Waals surface area contributed by atoms with E-state index in [0.29, 0.717) is 52.0 Å². The van der Waals surface area contributed by atoms with Crippen LogP contribution in [0.1, 0.15) is 39.0 Å². The van der Waals surface area contributed by atoms with Gasteiger partial charge in [0.15, 0.2) is 5.84 Å². The minimum absolute atomic E-state index is 0.0354. The van der Waals surface area contributed by atoms with Gasteiger partial charge in [0.2, 0.25) is 5.91 Å². The van der Waals surface area contributed by atoms with Gasteiger partial charge in [0, 0.05) is 26.3 Å². The maximum atomic E-state index is 13.0. The van der Waals surface area contributed by atoms with E-state index in [9.17, 15) is 9.90 Å². The second-order valence-corrected chi connectivity index (χ2v) is 6.32. The Morgan fingerprint density at radius 3 is 2.52 bits per heavy atom. The summed E-state index contributed by atoms with van der Waals surface area (Å²) in [6.07, 6.45) is 2.82. The molecule has 1 amide bonds. The molecule has 0 aromatic heterocycles. The molecule has 2 aliphatic rings. The summed E-state index contributed by atoms with van der Waals surface area (Å²) in [6, 6.07) is 0. The number of likely N-dealkylation sites (tertiary alicyclic amines) is 1. The first-order valence-corrected chi connectivity index (χ1v) is 7.49. The van der Waals surface area contributed by atoms with Crippen molar-refractivity contribution in [1.82, 2.24) is 4.90 Å². The monoisotopic (exact) mass is 299 g/mol. The first-order chi connectivity index (χ1) is 9.91. The van der Waals surface area contributed by atoms with Crippen LogP contribution >= 0.6 is 0 Å². The van der Waals surface area contributed by atoms with Crippen LogP contribution in [0.25, 0.3) is 0 Å². The molecule has 0 spiro atoms. The maximum Gasteiger partial charge on any atom is 0.236 e. The predicted molar refractivity (Wildman–Crippen MR) is 76.9 cm³/mol. The molecule has 4 N–H and O–H groups in total. The largest absolute Gasteiger partial charge is 0.409 e. The van der Waals surface area contributed by atoms with Gasteiger partial charge in [-0.15, -0.1) is 0 Å². The van der Waals surface area contributed by atoms with E-state index < -0.39 is 11.0 Å². The molecule has 7 heteroatoms. The summed E-state index contributed by atoms with van der Waals surface area (Å²) in [7, 11) is 0. The van der Waals surface area contributed by atoms with Crippen LogP contribution in [0.5, 0.6) is 0 Å². The zero-order valence-corrected chi connectivity index (χ0v) is 12.5. The summed E-state index contributed by atoms with van der Waals surface area (Å²) in [5.74, 6) is -0.148. The van der Waals surface area contributed by atoms with Gasteiger partial charge >= 0.3 is 0 Å². The van der Waals surface area contributed by atoms with Crippen molar-refractivity contribution in [2.75, 3.05) is 26.3 Å². The van der Waals surface area contributed by atoms with E-state index in [0.717, 1.165) is 6.42 Å². The number of carbonyl (C=O) groups excluding carboxylic acids is 1. The van der Waals surface area contributed by atoms with E-state index in [-0.39, 0.29) is 11.7 Å². The van der Waals surface area contributed by atoms with Gasteiger partial charge in [0.05, 0.1) is 5.60 Å². The molecule has 0 saturated carbocycles. The predicted octanol–water partition coefficient (Wildman–Crippen LogP) is 0.293. The molecule has 2 saturated heterocycles. The third-order valence-corrected chi connectivity index (χ3v) is 4.70. The molecule has 2 aliphatic heterocycles. The molecule has 0 aromatic rings. The van der Waals surface area contributed by atoms with Crippen molar-refractivity contribution < 1.29 is 19.8 Å². The molecule has 2 heterocycles. The molecule has 0 bridgehead atoms. The van der Waals surface area contributed by atoms with Crippen LogP contribution in [0.15, 0.2) is 5.16 Å². The first-order valence-electron chi connectivity index (χ1n) is 7.49. The Hall–Kier alpha value is -1.34. The summed E-state index contributed by atoms with van der Waals surface area (Å²) in [6.45, 7) is 3.74. The lowest BCUT2D eigenvalue weighted by Gasteiger charge is -2.38. The van der Waals surface area contributed by atoms with E-state index in [4.69, 9.17) is 15.7 Å². The van der Waals surface area contributed by atoms with Crippen LogP contribution in [0.2, 0.25) is 0 Å². The smallest absolute Gasteiger partial charge is 0.236 e. The number of hydrogen-bond donors (Lipinski definition) is 3. The van der Waals surface area contributed by atoms with Crippen molar-refractivity contribution >= 4 is 11.7 Å². The molecular weight excluding hydrogens is 274 g/mol. The van der Waals surface area contributed by atoms with Gasteiger partial charge in [-0.3, -0.25) is 4.79 Å². The van der Waals surface area contributed by atoms with Crippen LogP contribution in [-0.2, 0) is 9.53 Å². The second-order valence-electron chi connectivity index (χ2n) is 6.32. The molecule has 21 heavy (non-hydrogen) atoms. The van der Waals surface area contributed by atoms with Gasteiger partial charge in [-0.2, -0.15) is 0 Å². The molecule has 1 atom stereocenters. The van der Waals surface area contributed by atoms with Gasteiger partial charge in [-0.1, -0.05) is 5.16 Å². The molecule has 0 radical (unpaired) electrons. The number of carbonyl (C=O) groups is 1. The number of amides is 1. The van der Waals surface area contributed by atoms with E-state index in [1.54, 1.807) is 11.8 Å². The van der Waals surface area contributed by atoms with Gasteiger partial charge in [0.25, 0.3) is 0 Å². The summed E-state index contributed by atoms with van der Waals surface area (Å²) in [5, 5.41) is 22.3. The van der Waals surface area contributed by atoms with E-state index in [1.165, 1.54) is 0 Å². The quantitative estimate of drug-likeness (QED) is 0.294. The first kappa shape index (κ1) is 16.0. The maximum absolute atomic E-state index is 13.0. The second kappa shape index (κ2) is 6.19. The average Bonchev–Trinajstić information content (AvgIpc) is 2.67. The van der Waals surface area contributed by atoms with Gasteiger partial charge < -0.3 is 25.7 Å². The minimum atomic E-state index is -0.969. The molecular formula is C14H25N3O4. The lowest BCUT2D eigenvalue weighted by Crippen LogP contribution is -2.54. The third kappa shape index (κ3) is 3.29. The SMILES string of the molecule is CC1(O)CCCN(C(=O)C2(C(N)=NO)CCOCC2)CC1. The fourth-order valence-corrected chi connectivity index (χ4v) is 3.16. The average molecular weight is 299 g/mol. The Kier molecular flexibility index (Phi) is 4.73. The van der Waals surface area contributed by atoms with Gasteiger partial charge in [-0.25, -0.2) is 0 Å². The van der Waals surface area contributed by atoms with Crippen LogP contribution in [0.4, 0.5) is 0 Å². The fourth-order valence-electron chi connectivity index (χ4n) is 3.16. The number of ether oxygens (including phenoxy) is 1. The highest BCUT2D eigenvalue weighted by Crippen LogP contribution is 2.34. The normalized spacial score (nSPS) is 30.8. The fraction of sp³-hybridized carbons (Fsp3) is 0.857. The van der Waals surface area contributed by atoms with Crippen LogP contribution in [0.3, 0.4) is 0 Å². The Labute approximate surface area is 124 Å². The van der Waals surface area contributed by atoms with Crippen molar-refractivity contribution in [1.29, 1.82) is 0 Å². The number of hydrogen-bond acceptors (Lipinski definition) is 5. The number of nitrogens with two attached hydrogens (primary N) is 1. The number of rotatable bonds is 2. The summed E-state index contributed by atoms with van der Waals surface area (Å²) in [4.78, 5) is 14.7. The summed E-state index contributed by atoms with van der Waals surface area (Å²) < 4.78 is 5.31. The number of nitrogens with zero attached hydrogens (tertiary/aromatic N) is 2. The Bertz CT molecular complexity index is 416. The van der Waals surface area contributed by atoms with Crippen molar-refractivity contribution in [2.45, 2.75) is 44.6 Å². The van der Waals surface area contributed by atoms with E-state index >= 15 is 0 Å². The van der Waals surface area contributed by atoms with Crippen molar-refractivity contribution in [3.63, 3.8) is 0 Å². The Morgan fingerprint density at radius 2 is 1.90 bits per heavy atom. The Morgan fingerprint density at radius 1 is 1.24 bits per heavy atom. The molecule has 2 fully saturated rings. The highest BCUT2D eigenvalue weighted by atomic mass is 16.5. The standard InChI is InChI=1S/C14H25N3O4/c1-13(19)3-2-7-17(8-4-13)12(18)14(11(15)16-20)5-9-21-10-6-14/h19-20H,2-10H2,1H3,(H2,15,16). The van der Waals surface area contributed by atoms with Crippen molar-refractivity contribution in [2.24, 2.45) is 16.3 Å². The van der Waals surface area contributed by atoms with Gasteiger partial charge in [-0.05, 0) is 39.0 Å². The van der Waals surface area contributed by atoms with E-state index in [2.05, 4.69) is 5.16 Å². The van der Waals surface area contributed by atoms with Crippen LogP contribution < -0.4 is 5.73 Å². The molecule has 120 valence electrons. The molecule has 2 rings (SSSR count). The molecule has 0 aliphatic carbocycles. The lowest BCUT2D eigenvalue weighted by atomic mass is 9.77. The lowest BCUT2D eigenvalue weighted by molar-refractivity contribution is -0.142. The van der Waals surface area contributed by atoms with Crippen LogP contribution in [0, 0.1) is 5.41 Å². The Balaban J connectivity index is 2.18. The minimum Gasteiger partial charge on any atom is -0.409 e. The van der Waals surface area contributed by atoms with Crippen molar-refractivity contribution in [3.8, 4) is 0 Å². The zero-order valence-electron chi connectivity index (χ0n) is 12.5. The van der Waals surface area contributed by atoms with Crippen molar-refractivity contribution in [3.05, 3.63) is 0 Å². The highest BCUT2D eigenvalue weighted by Gasteiger charge is 2.47. The summed E-state index contributed by atoms with van der Waals surface area (Å²) in [5.41, 5.74) is 4.13. The van der Waals surface area contributed by atoms with E-state index in [1.807, 2.05) is 0 Å². The third-order valence-electron chi connectivity index (χ3n) is 4.70. The molecule has 7 nitrogen and oxygen atoms in total. The highest BCUT2D eigenvalue weighted by molar-refractivity contribution is 6.06.